The van der Waals surface area contributed by atoms with Crippen LogP contribution in [-0.2, 0) is 9.59 Å². The third kappa shape index (κ3) is 3.33. The summed E-state index contributed by atoms with van der Waals surface area (Å²) in [6.07, 6.45) is 5.70. The molecule has 4 nitrogen and oxygen atoms in total. The average Bonchev–Trinajstić information content (AvgIpc) is 3.08. The lowest BCUT2D eigenvalue weighted by molar-refractivity contribution is -0.143. The van der Waals surface area contributed by atoms with Crippen LogP contribution in [0.25, 0.3) is 0 Å². The van der Waals surface area contributed by atoms with Gasteiger partial charge in [-0.3, -0.25) is 9.59 Å². The van der Waals surface area contributed by atoms with Crippen molar-refractivity contribution >= 4 is 11.8 Å². The minimum Gasteiger partial charge on any atom is -0.353 e. The predicted molar refractivity (Wildman–Crippen MR) is 94.4 cm³/mol. The van der Waals surface area contributed by atoms with Crippen molar-refractivity contribution in [3.8, 4) is 0 Å². The highest BCUT2D eigenvalue weighted by molar-refractivity contribution is 5.85. The summed E-state index contributed by atoms with van der Waals surface area (Å²) < 4.78 is 0. The number of nitrogens with zero attached hydrogens (tertiary/aromatic N) is 1. The normalized spacial score (nSPS) is 25.1. The molecule has 4 heteroatoms. The molecule has 0 unspecified atom stereocenters. The maximum Gasteiger partial charge on any atom is 0.225 e. The second-order valence-electron chi connectivity index (χ2n) is 7.12. The zero-order valence-corrected chi connectivity index (χ0v) is 14.8. The molecule has 1 aromatic rings. The van der Waals surface area contributed by atoms with E-state index in [0.29, 0.717) is 25.4 Å². The molecule has 0 bridgehead atoms. The Hall–Kier alpha value is -1.84. The Bertz CT molecular complexity index is 607. The lowest BCUT2D eigenvalue weighted by Gasteiger charge is -2.41. The topological polar surface area (TPSA) is 49.4 Å². The van der Waals surface area contributed by atoms with E-state index in [0.717, 1.165) is 24.0 Å². The number of amides is 2. The number of piperidine rings is 1. The van der Waals surface area contributed by atoms with E-state index in [9.17, 15) is 9.59 Å². The van der Waals surface area contributed by atoms with E-state index in [1.54, 1.807) is 0 Å². The summed E-state index contributed by atoms with van der Waals surface area (Å²) in [4.78, 5) is 27.3. The SMILES string of the molecule is CCN1C(=O)CC[C@@H](C(=O)NC2CCCC2)[C@@H]1c1ccccc1C. The van der Waals surface area contributed by atoms with Crippen molar-refractivity contribution < 1.29 is 9.59 Å². The van der Waals surface area contributed by atoms with Crippen LogP contribution in [0.15, 0.2) is 24.3 Å². The zero-order valence-electron chi connectivity index (χ0n) is 14.8. The molecular formula is C20H28N2O2. The monoisotopic (exact) mass is 328 g/mol. The number of carbonyl (C=O) groups excluding carboxylic acids is 2. The third-order valence-corrected chi connectivity index (χ3v) is 5.59. The van der Waals surface area contributed by atoms with Crippen LogP contribution in [0.4, 0.5) is 0 Å². The van der Waals surface area contributed by atoms with Crippen LogP contribution >= 0.6 is 0 Å². The molecule has 2 fully saturated rings. The Morgan fingerprint density at radius 2 is 1.92 bits per heavy atom. The maximum absolute atomic E-state index is 13.0. The van der Waals surface area contributed by atoms with E-state index in [1.807, 2.05) is 24.0 Å². The molecule has 1 heterocycles. The van der Waals surface area contributed by atoms with E-state index in [-0.39, 0.29) is 23.8 Å². The number of hydrogen-bond acceptors (Lipinski definition) is 2. The number of benzene rings is 1. The predicted octanol–water partition coefficient (Wildman–Crippen LogP) is 3.35. The third-order valence-electron chi connectivity index (χ3n) is 5.59. The largest absolute Gasteiger partial charge is 0.353 e. The first-order valence-electron chi connectivity index (χ1n) is 9.27. The summed E-state index contributed by atoms with van der Waals surface area (Å²) in [5.41, 5.74) is 2.26. The van der Waals surface area contributed by atoms with Gasteiger partial charge in [-0.15, -0.1) is 0 Å². The Balaban J connectivity index is 1.88. The van der Waals surface area contributed by atoms with Crippen molar-refractivity contribution in [1.82, 2.24) is 10.2 Å². The zero-order chi connectivity index (χ0) is 17.1. The van der Waals surface area contributed by atoms with Crippen LogP contribution < -0.4 is 5.32 Å². The fourth-order valence-corrected chi connectivity index (χ4v) is 4.28. The number of aryl methyl sites for hydroxylation is 1. The molecule has 1 aromatic carbocycles. The van der Waals surface area contributed by atoms with Crippen molar-refractivity contribution in [3.05, 3.63) is 35.4 Å². The summed E-state index contributed by atoms with van der Waals surface area (Å²) in [5, 5.41) is 3.25. The smallest absolute Gasteiger partial charge is 0.225 e. The fourth-order valence-electron chi connectivity index (χ4n) is 4.28. The van der Waals surface area contributed by atoms with Crippen LogP contribution in [0, 0.1) is 12.8 Å². The maximum atomic E-state index is 13.0. The number of nitrogens with one attached hydrogen (secondary N) is 1. The molecule has 1 N–H and O–H groups in total. The second-order valence-corrected chi connectivity index (χ2v) is 7.12. The number of hydrogen-bond donors (Lipinski definition) is 1. The van der Waals surface area contributed by atoms with Gasteiger partial charge >= 0.3 is 0 Å². The van der Waals surface area contributed by atoms with Gasteiger partial charge in [-0.05, 0) is 44.2 Å². The molecule has 1 aliphatic carbocycles. The minimum absolute atomic E-state index is 0.126. The highest BCUT2D eigenvalue weighted by Crippen LogP contribution is 2.38. The number of carbonyl (C=O) groups is 2. The first-order chi connectivity index (χ1) is 11.6. The Labute approximate surface area is 144 Å². The molecule has 2 atom stereocenters. The summed E-state index contributed by atoms with van der Waals surface area (Å²) in [6, 6.07) is 8.32. The molecule has 0 aromatic heterocycles. The molecule has 24 heavy (non-hydrogen) atoms. The van der Waals surface area contributed by atoms with E-state index in [1.165, 1.54) is 12.8 Å². The molecule has 3 rings (SSSR count). The summed E-state index contributed by atoms with van der Waals surface area (Å²) >= 11 is 0. The Morgan fingerprint density at radius 3 is 2.58 bits per heavy atom. The first kappa shape index (κ1) is 17.0. The molecular weight excluding hydrogens is 300 g/mol. The molecule has 0 spiro atoms. The van der Waals surface area contributed by atoms with Gasteiger partial charge in [-0.1, -0.05) is 37.1 Å². The van der Waals surface area contributed by atoms with Gasteiger partial charge in [0.15, 0.2) is 0 Å². The van der Waals surface area contributed by atoms with Crippen LogP contribution in [0.2, 0.25) is 0 Å². The molecule has 1 saturated carbocycles. The van der Waals surface area contributed by atoms with Gasteiger partial charge < -0.3 is 10.2 Å². The van der Waals surface area contributed by atoms with Gasteiger partial charge in [-0.2, -0.15) is 0 Å². The number of rotatable bonds is 4. The molecule has 1 saturated heterocycles. The summed E-state index contributed by atoms with van der Waals surface area (Å²) in [6.45, 7) is 4.71. The van der Waals surface area contributed by atoms with Gasteiger partial charge in [0, 0.05) is 19.0 Å². The van der Waals surface area contributed by atoms with Gasteiger partial charge in [0.05, 0.1) is 12.0 Å². The number of likely N-dealkylation sites (tertiary alicyclic amines) is 1. The van der Waals surface area contributed by atoms with Crippen LogP contribution in [0.3, 0.4) is 0 Å². The second kappa shape index (κ2) is 7.37. The first-order valence-corrected chi connectivity index (χ1v) is 9.27. The van der Waals surface area contributed by atoms with E-state index in [4.69, 9.17) is 0 Å². The molecule has 130 valence electrons. The minimum atomic E-state index is -0.149. The van der Waals surface area contributed by atoms with Gasteiger partial charge in [-0.25, -0.2) is 0 Å². The van der Waals surface area contributed by atoms with Crippen molar-refractivity contribution in [2.75, 3.05) is 6.54 Å². The lowest BCUT2D eigenvalue weighted by Crippen LogP contribution is -2.49. The molecule has 1 aliphatic heterocycles. The fraction of sp³-hybridized carbons (Fsp3) is 0.600. The Kier molecular flexibility index (Phi) is 5.22. The van der Waals surface area contributed by atoms with Crippen molar-refractivity contribution in [1.29, 1.82) is 0 Å². The highest BCUT2D eigenvalue weighted by Gasteiger charge is 2.40. The van der Waals surface area contributed by atoms with E-state index in [2.05, 4.69) is 24.4 Å². The Morgan fingerprint density at radius 1 is 1.21 bits per heavy atom. The lowest BCUT2D eigenvalue weighted by atomic mass is 9.82. The van der Waals surface area contributed by atoms with Crippen molar-refractivity contribution in [2.45, 2.75) is 64.5 Å². The quantitative estimate of drug-likeness (QED) is 0.921. The van der Waals surface area contributed by atoms with E-state index >= 15 is 0 Å². The molecule has 0 radical (unpaired) electrons. The van der Waals surface area contributed by atoms with Gasteiger partial charge in [0.2, 0.25) is 11.8 Å². The standard InChI is InChI=1S/C20H28N2O2/c1-3-22-18(23)13-12-17(20(24)21-15-9-5-6-10-15)19(22)16-11-7-4-8-14(16)2/h4,7-8,11,15,17,19H,3,5-6,9-10,12-13H2,1-2H3,(H,21,24)/t17-,19+/m1/s1. The summed E-state index contributed by atoms with van der Waals surface area (Å²) in [5.74, 6) is 0.140. The van der Waals surface area contributed by atoms with Crippen molar-refractivity contribution in [2.24, 2.45) is 5.92 Å². The highest BCUT2D eigenvalue weighted by atomic mass is 16.2. The van der Waals surface area contributed by atoms with Crippen LogP contribution in [-0.4, -0.2) is 29.3 Å². The van der Waals surface area contributed by atoms with Gasteiger partial charge in [0.1, 0.15) is 0 Å². The van der Waals surface area contributed by atoms with Crippen LogP contribution in [0.1, 0.15) is 62.6 Å². The van der Waals surface area contributed by atoms with Crippen LogP contribution in [0.5, 0.6) is 0 Å². The molecule has 2 amide bonds. The summed E-state index contributed by atoms with van der Waals surface area (Å²) in [7, 11) is 0. The molecule has 2 aliphatic rings. The van der Waals surface area contributed by atoms with Crippen molar-refractivity contribution in [3.63, 3.8) is 0 Å². The van der Waals surface area contributed by atoms with E-state index < -0.39 is 0 Å². The van der Waals surface area contributed by atoms with Gasteiger partial charge in [0.25, 0.3) is 0 Å². The average molecular weight is 328 g/mol.